The van der Waals surface area contributed by atoms with Crippen molar-refractivity contribution in [1.82, 2.24) is 10.2 Å². The second-order valence-corrected chi connectivity index (χ2v) is 6.94. The Morgan fingerprint density at radius 1 is 1.38 bits per heavy atom. The Hall–Kier alpha value is -2.94. The van der Waals surface area contributed by atoms with Crippen molar-refractivity contribution < 1.29 is 28.2 Å². The first-order valence-electron chi connectivity index (χ1n) is 9.37. The summed E-state index contributed by atoms with van der Waals surface area (Å²) in [5.41, 5.74) is 0.702. The average Bonchev–Trinajstić information content (AvgIpc) is 3.07. The molecule has 1 unspecified atom stereocenters. The third kappa shape index (κ3) is 4.73. The maximum atomic E-state index is 14.9. The maximum absolute atomic E-state index is 14.9. The van der Waals surface area contributed by atoms with Gasteiger partial charge in [0.25, 0.3) is 0 Å². The predicted octanol–water partition coefficient (Wildman–Crippen LogP) is 1.76. The van der Waals surface area contributed by atoms with Gasteiger partial charge in [-0.25, -0.2) is 9.18 Å². The van der Waals surface area contributed by atoms with Gasteiger partial charge in [0.2, 0.25) is 11.8 Å². The molecule has 0 aromatic heterocycles. The molecule has 0 aliphatic carbocycles. The number of nitrogens with one attached hydrogen (secondary N) is 1. The summed E-state index contributed by atoms with van der Waals surface area (Å²) in [6.07, 6.45) is 3.31. The first-order chi connectivity index (χ1) is 13.9. The number of hydrogen-bond acceptors (Lipinski definition) is 5. The molecule has 8 nitrogen and oxygen atoms in total. The van der Waals surface area contributed by atoms with Crippen LogP contribution in [0.5, 0.6) is 0 Å². The molecule has 0 radical (unpaired) electrons. The number of ether oxygens (including phenoxy) is 2. The van der Waals surface area contributed by atoms with Crippen molar-refractivity contribution in [3.8, 4) is 0 Å². The van der Waals surface area contributed by atoms with E-state index in [9.17, 15) is 18.8 Å². The zero-order valence-corrected chi connectivity index (χ0v) is 16.4. The number of halogens is 1. The molecule has 3 rings (SSSR count). The number of carbonyl (C=O) groups is 3. The predicted molar refractivity (Wildman–Crippen MR) is 103 cm³/mol. The molecule has 1 N–H and O–H groups in total. The summed E-state index contributed by atoms with van der Waals surface area (Å²) in [5, 5.41) is 2.60. The normalized spacial score (nSPS) is 21.3. The molecule has 2 aliphatic rings. The van der Waals surface area contributed by atoms with Gasteiger partial charge in [-0.2, -0.15) is 0 Å². The van der Waals surface area contributed by atoms with E-state index in [0.29, 0.717) is 24.2 Å². The quantitative estimate of drug-likeness (QED) is 0.729. The third-order valence-corrected chi connectivity index (χ3v) is 4.85. The number of benzene rings is 1. The highest BCUT2D eigenvalue weighted by atomic mass is 19.1. The molecule has 1 saturated heterocycles. The van der Waals surface area contributed by atoms with Gasteiger partial charge in [-0.15, -0.1) is 0 Å². The first kappa shape index (κ1) is 20.8. The number of hydrogen-bond donors (Lipinski definition) is 1. The van der Waals surface area contributed by atoms with Crippen molar-refractivity contribution in [2.45, 2.75) is 25.5 Å². The molecule has 0 saturated carbocycles. The highest BCUT2D eigenvalue weighted by Gasteiger charge is 2.33. The van der Waals surface area contributed by atoms with E-state index >= 15 is 0 Å². The third-order valence-electron chi connectivity index (χ3n) is 4.85. The number of methoxy groups -OCH3 is 1. The molecule has 1 aromatic rings. The van der Waals surface area contributed by atoms with E-state index in [4.69, 9.17) is 9.47 Å². The molecule has 1 aromatic carbocycles. The standard InChI is InChI=1S/C20H24FN3O5/c1-13(25)22-10-15-11-24(20(27)29-15)14-6-7-16(17(21)9-14)18-5-3-4-8-23(18)19(26)12-28-2/h3,5-7,9,15,18H,4,8,10-12H2,1-2H3,(H,22,25)/t15-,18?/m0/s1. The van der Waals surface area contributed by atoms with Crippen LogP contribution in [0.3, 0.4) is 0 Å². The number of nitrogens with zero attached hydrogens (tertiary/aromatic N) is 2. The molecule has 1 fully saturated rings. The SMILES string of the molecule is COCC(=O)N1CCC=CC1c1ccc(N2C[C@H](CNC(C)=O)OC2=O)cc1F. The second kappa shape index (κ2) is 9.04. The Kier molecular flexibility index (Phi) is 6.48. The van der Waals surface area contributed by atoms with E-state index in [1.54, 1.807) is 23.1 Å². The molecule has 2 heterocycles. The van der Waals surface area contributed by atoms with Crippen molar-refractivity contribution in [2.24, 2.45) is 0 Å². The van der Waals surface area contributed by atoms with Crippen LogP contribution < -0.4 is 10.2 Å². The Morgan fingerprint density at radius 2 is 2.17 bits per heavy atom. The van der Waals surface area contributed by atoms with Gasteiger partial charge >= 0.3 is 6.09 Å². The molecular weight excluding hydrogens is 381 g/mol. The second-order valence-electron chi connectivity index (χ2n) is 6.94. The van der Waals surface area contributed by atoms with Crippen LogP contribution in [0.1, 0.15) is 24.9 Å². The summed E-state index contributed by atoms with van der Waals surface area (Å²) in [4.78, 5) is 38.4. The van der Waals surface area contributed by atoms with Gasteiger partial charge in [0.15, 0.2) is 0 Å². The van der Waals surface area contributed by atoms with Gasteiger partial charge in [0.05, 0.1) is 24.8 Å². The molecule has 156 valence electrons. The lowest BCUT2D eigenvalue weighted by molar-refractivity contribution is -0.137. The summed E-state index contributed by atoms with van der Waals surface area (Å²) in [5.74, 6) is -0.954. The van der Waals surface area contributed by atoms with Gasteiger partial charge < -0.3 is 19.7 Å². The van der Waals surface area contributed by atoms with Crippen LogP contribution in [0, 0.1) is 5.82 Å². The maximum Gasteiger partial charge on any atom is 0.414 e. The lowest BCUT2D eigenvalue weighted by Gasteiger charge is -2.33. The number of carbonyl (C=O) groups excluding carboxylic acids is 3. The molecule has 9 heteroatoms. The van der Waals surface area contributed by atoms with Crippen LogP contribution in [0.15, 0.2) is 30.4 Å². The minimum atomic E-state index is -0.595. The van der Waals surface area contributed by atoms with Gasteiger partial charge in [-0.3, -0.25) is 14.5 Å². The van der Waals surface area contributed by atoms with E-state index in [-0.39, 0.29) is 31.5 Å². The van der Waals surface area contributed by atoms with Crippen LogP contribution in [-0.2, 0) is 19.1 Å². The van der Waals surface area contributed by atoms with Gasteiger partial charge in [0.1, 0.15) is 18.5 Å². The summed E-state index contributed by atoms with van der Waals surface area (Å²) in [7, 11) is 1.44. The fourth-order valence-electron chi connectivity index (χ4n) is 3.46. The van der Waals surface area contributed by atoms with Crippen LogP contribution in [-0.4, -0.2) is 62.3 Å². The van der Waals surface area contributed by atoms with Crippen LogP contribution in [0.2, 0.25) is 0 Å². The summed E-state index contributed by atoms with van der Waals surface area (Å²) in [6, 6.07) is 3.94. The zero-order chi connectivity index (χ0) is 21.0. The smallest absolute Gasteiger partial charge is 0.414 e. The fraction of sp³-hybridized carbons (Fsp3) is 0.450. The number of rotatable bonds is 6. The van der Waals surface area contributed by atoms with Gasteiger partial charge in [-0.1, -0.05) is 18.2 Å². The minimum absolute atomic E-state index is 0.0701. The molecule has 29 heavy (non-hydrogen) atoms. The van der Waals surface area contributed by atoms with Crippen molar-refractivity contribution in [2.75, 3.05) is 38.3 Å². The van der Waals surface area contributed by atoms with Crippen LogP contribution >= 0.6 is 0 Å². The van der Waals surface area contributed by atoms with E-state index in [1.165, 1.54) is 25.0 Å². The Bertz CT molecular complexity index is 828. The minimum Gasteiger partial charge on any atom is -0.442 e. The highest BCUT2D eigenvalue weighted by molar-refractivity contribution is 5.90. The zero-order valence-electron chi connectivity index (χ0n) is 16.4. The van der Waals surface area contributed by atoms with E-state index in [0.717, 1.165) is 0 Å². The fourth-order valence-corrected chi connectivity index (χ4v) is 3.46. The summed E-state index contributed by atoms with van der Waals surface area (Å²) < 4.78 is 25.1. The number of cyclic esters (lactones) is 1. The highest BCUT2D eigenvalue weighted by Crippen LogP contribution is 2.31. The largest absolute Gasteiger partial charge is 0.442 e. The van der Waals surface area contributed by atoms with Crippen molar-refractivity contribution in [3.63, 3.8) is 0 Å². The Morgan fingerprint density at radius 3 is 2.86 bits per heavy atom. The summed E-state index contributed by atoms with van der Waals surface area (Å²) >= 11 is 0. The van der Waals surface area contributed by atoms with E-state index in [1.807, 2.05) is 6.08 Å². The Balaban J connectivity index is 1.77. The van der Waals surface area contributed by atoms with Crippen LogP contribution in [0.25, 0.3) is 0 Å². The van der Waals surface area contributed by atoms with Gasteiger partial charge in [0, 0.05) is 26.1 Å². The average molecular weight is 405 g/mol. The van der Waals surface area contributed by atoms with Gasteiger partial charge in [-0.05, 0) is 18.6 Å². The molecule has 0 bridgehead atoms. The molecule has 0 spiro atoms. The first-order valence-corrected chi connectivity index (χ1v) is 9.37. The monoisotopic (exact) mass is 405 g/mol. The van der Waals surface area contributed by atoms with Crippen molar-refractivity contribution in [3.05, 3.63) is 41.7 Å². The van der Waals surface area contributed by atoms with Crippen LogP contribution in [0.4, 0.5) is 14.9 Å². The van der Waals surface area contributed by atoms with Crippen molar-refractivity contribution in [1.29, 1.82) is 0 Å². The molecule has 2 atom stereocenters. The summed E-state index contributed by atoms with van der Waals surface area (Å²) in [6.45, 7) is 2.19. The lowest BCUT2D eigenvalue weighted by atomic mass is 9.99. The number of anilines is 1. The Labute approximate surface area is 168 Å². The topological polar surface area (TPSA) is 88.2 Å². The van der Waals surface area contributed by atoms with E-state index in [2.05, 4.69) is 5.32 Å². The molecule has 2 aliphatic heterocycles. The molecule has 3 amide bonds. The lowest BCUT2D eigenvalue weighted by Crippen LogP contribution is -2.39. The van der Waals surface area contributed by atoms with E-state index < -0.39 is 24.1 Å². The van der Waals surface area contributed by atoms with Crippen molar-refractivity contribution >= 4 is 23.6 Å². The number of amides is 3. The molecular formula is C20H24FN3O5.